The minimum atomic E-state index is -0.165. The van der Waals surface area contributed by atoms with Crippen LogP contribution in [0.3, 0.4) is 0 Å². The van der Waals surface area contributed by atoms with Crippen LogP contribution in [0.5, 0.6) is 0 Å². The number of halogens is 1. The summed E-state index contributed by atoms with van der Waals surface area (Å²) in [6.07, 6.45) is 1.52. The first-order valence-electron chi connectivity index (χ1n) is 8.58. The van der Waals surface area contributed by atoms with Gasteiger partial charge in [-0.1, -0.05) is 6.07 Å². The standard InChI is InChI=1S/C18H23ClN4O3/c1-13-5-14(2)7-16(6-13)23-20-9-15(21-23)10-22(18(24)8-19)11-17-12-25-3-4-26-17/h5-7,9,17H,3-4,8,10-12H2,1-2H3. The molecule has 3 rings (SSSR count). The minimum Gasteiger partial charge on any atom is -0.376 e. The fourth-order valence-corrected chi connectivity index (χ4v) is 3.15. The van der Waals surface area contributed by atoms with Crippen molar-refractivity contribution in [2.75, 3.05) is 32.2 Å². The number of ether oxygens (including phenoxy) is 2. The van der Waals surface area contributed by atoms with E-state index in [1.54, 1.807) is 15.9 Å². The van der Waals surface area contributed by atoms with Gasteiger partial charge in [-0.3, -0.25) is 4.79 Å². The number of aryl methyl sites for hydroxylation is 2. The molecule has 8 heteroatoms. The third-order valence-electron chi connectivity index (χ3n) is 4.11. The van der Waals surface area contributed by atoms with Gasteiger partial charge in [-0.15, -0.1) is 11.6 Å². The van der Waals surface area contributed by atoms with Crippen LogP contribution in [-0.4, -0.2) is 64.2 Å². The first-order valence-corrected chi connectivity index (χ1v) is 9.11. The number of carbonyl (C=O) groups is 1. The van der Waals surface area contributed by atoms with Crippen molar-refractivity contribution < 1.29 is 14.3 Å². The zero-order chi connectivity index (χ0) is 18.5. The zero-order valence-corrected chi connectivity index (χ0v) is 15.8. The van der Waals surface area contributed by atoms with Gasteiger partial charge in [0, 0.05) is 6.54 Å². The van der Waals surface area contributed by atoms with E-state index >= 15 is 0 Å². The molecule has 1 aliphatic heterocycles. The van der Waals surface area contributed by atoms with Crippen LogP contribution in [0.15, 0.2) is 24.4 Å². The number of benzene rings is 1. The first-order chi connectivity index (χ1) is 12.5. The maximum Gasteiger partial charge on any atom is 0.237 e. The maximum absolute atomic E-state index is 12.2. The van der Waals surface area contributed by atoms with E-state index in [0.717, 1.165) is 16.8 Å². The van der Waals surface area contributed by atoms with E-state index in [9.17, 15) is 4.79 Å². The van der Waals surface area contributed by atoms with E-state index in [1.165, 1.54) is 0 Å². The Kier molecular flexibility index (Phi) is 6.24. The van der Waals surface area contributed by atoms with Gasteiger partial charge in [0.25, 0.3) is 0 Å². The smallest absolute Gasteiger partial charge is 0.237 e. The number of hydrogen-bond acceptors (Lipinski definition) is 5. The Bertz CT molecular complexity index is 738. The molecule has 1 saturated heterocycles. The Labute approximate surface area is 157 Å². The van der Waals surface area contributed by atoms with Crippen molar-refractivity contribution in [3.63, 3.8) is 0 Å². The summed E-state index contributed by atoms with van der Waals surface area (Å²) in [6, 6.07) is 6.14. The molecule has 140 valence electrons. The fourth-order valence-electron chi connectivity index (χ4n) is 2.98. The van der Waals surface area contributed by atoms with Gasteiger partial charge < -0.3 is 14.4 Å². The second-order valence-electron chi connectivity index (χ2n) is 6.45. The van der Waals surface area contributed by atoms with Crippen LogP contribution in [0.4, 0.5) is 0 Å². The predicted molar refractivity (Wildman–Crippen MR) is 97.5 cm³/mol. The van der Waals surface area contributed by atoms with Crippen LogP contribution in [0, 0.1) is 13.8 Å². The fraction of sp³-hybridized carbons (Fsp3) is 0.500. The van der Waals surface area contributed by atoms with Crippen molar-refractivity contribution in [2.24, 2.45) is 0 Å². The number of amides is 1. The molecule has 1 amide bonds. The molecule has 1 aromatic carbocycles. The number of rotatable bonds is 6. The summed E-state index contributed by atoms with van der Waals surface area (Å²) in [5, 5.41) is 8.84. The number of nitrogens with zero attached hydrogens (tertiary/aromatic N) is 4. The molecule has 7 nitrogen and oxygen atoms in total. The lowest BCUT2D eigenvalue weighted by atomic mass is 10.1. The van der Waals surface area contributed by atoms with E-state index in [-0.39, 0.29) is 17.9 Å². The van der Waals surface area contributed by atoms with Crippen molar-refractivity contribution >= 4 is 17.5 Å². The molecule has 0 aliphatic carbocycles. The van der Waals surface area contributed by atoms with E-state index < -0.39 is 0 Å². The van der Waals surface area contributed by atoms with Gasteiger partial charge in [0.05, 0.1) is 44.4 Å². The largest absolute Gasteiger partial charge is 0.376 e. The summed E-state index contributed by atoms with van der Waals surface area (Å²) in [4.78, 5) is 15.4. The lowest BCUT2D eigenvalue weighted by Gasteiger charge is -2.29. The highest BCUT2D eigenvalue weighted by atomic mass is 35.5. The molecule has 1 aliphatic rings. The van der Waals surface area contributed by atoms with Crippen LogP contribution in [0.25, 0.3) is 5.69 Å². The Balaban J connectivity index is 1.72. The summed E-state index contributed by atoms with van der Waals surface area (Å²) in [5.74, 6) is -0.250. The molecule has 0 N–H and O–H groups in total. The zero-order valence-electron chi connectivity index (χ0n) is 15.0. The second kappa shape index (κ2) is 8.62. The summed E-state index contributed by atoms with van der Waals surface area (Å²) in [7, 11) is 0. The molecule has 0 radical (unpaired) electrons. The maximum atomic E-state index is 12.2. The topological polar surface area (TPSA) is 69.5 Å². The number of carbonyl (C=O) groups excluding carboxylic acids is 1. The van der Waals surface area contributed by atoms with Gasteiger partial charge in [-0.25, -0.2) is 0 Å². The summed E-state index contributed by atoms with van der Waals surface area (Å²) in [6.45, 7) is 6.42. The molecular weight excluding hydrogens is 356 g/mol. The van der Waals surface area contributed by atoms with Crippen molar-refractivity contribution in [1.29, 1.82) is 0 Å². The SMILES string of the molecule is Cc1cc(C)cc(-n2ncc(CN(CC3COCCO3)C(=O)CCl)n2)c1. The average Bonchev–Trinajstić information content (AvgIpc) is 3.09. The van der Waals surface area contributed by atoms with Crippen LogP contribution >= 0.6 is 11.6 Å². The Morgan fingerprint density at radius 3 is 2.73 bits per heavy atom. The predicted octanol–water partition coefficient (Wildman–Crippen LogP) is 1.87. The van der Waals surface area contributed by atoms with Crippen LogP contribution in [0.1, 0.15) is 16.8 Å². The summed E-state index contributed by atoms with van der Waals surface area (Å²) in [5.41, 5.74) is 3.88. The molecule has 1 fully saturated rings. The van der Waals surface area contributed by atoms with Gasteiger partial charge in [0.1, 0.15) is 11.6 Å². The van der Waals surface area contributed by atoms with Crippen LogP contribution in [0.2, 0.25) is 0 Å². The molecule has 1 unspecified atom stereocenters. The van der Waals surface area contributed by atoms with E-state index in [4.69, 9.17) is 21.1 Å². The quantitative estimate of drug-likeness (QED) is 0.718. The van der Waals surface area contributed by atoms with Gasteiger partial charge in [0.15, 0.2) is 0 Å². The molecule has 1 atom stereocenters. The summed E-state index contributed by atoms with van der Waals surface area (Å²) < 4.78 is 11.0. The normalized spacial score (nSPS) is 17.3. The highest BCUT2D eigenvalue weighted by molar-refractivity contribution is 6.27. The third-order valence-corrected chi connectivity index (χ3v) is 4.33. The second-order valence-corrected chi connectivity index (χ2v) is 6.71. The highest BCUT2D eigenvalue weighted by Gasteiger charge is 2.22. The molecule has 2 aromatic rings. The lowest BCUT2D eigenvalue weighted by molar-refractivity contribution is -0.136. The van der Waals surface area contributed by atoms with Crippen molar-refractivity contribution in [3.05, 3.63) is 41.2 Å². The number of alkyl halides is 1. The van der Waals surface area contributed by atoms with E-state index in [1.807, 2.05) is 26.0 Å². The van der Waals surface area contributed by atoms with Gasteiger partial charge in [-0.05, 0) is 37.1 Å². The van der Waals surface area contributed by atoms with Crippen LogP contribution < -0.4 is 0 Å². The molecular formula is C18H23ClN4O3. The van der Waals surface area contributed by atoms with Gasteiger partial charge in [0.2, 0.25) is 5.91 Å². The average molecular weight is 379 g/mol. The van der Waals surface area contributed by atoms with E-state index in [2.05, 4.69) is 16.3 Å². The Morgan fingerprint density at radius 1 is 1.31 bits per heavy atom. The molecule has 0 spiro atoms. The molecule has 0 saturated carbocycles. The first kappa shape index (κ1) is 18.8. The lowest BCUT2D eigenvalue weighted by Crippen LogP contribution is -2.43. The van der Waals surface area contributed by atoms with Crippen LogP contribution in [-0.2, 0) is 20.8 Å². The molecule has 0 bridgehead atoms. The van der Waals surface area contributed by atoms with Gasteiger partial charge in [-0.2, -0.15) is 15.0 Å². The van der Waals surface area contributed by atoms with Crippen molar-refractivity contribution in [2.45, 2.75) is 26.5 Å². The Morgan fingerprint density at radius 2 is 2.08 bits per heavy atom. The minimum absolute atomic E-state index is 0.0845. The van der Waals surface area contributed by atoms with Crippen molar-refractivity contribution in [1.82, 2.24) is 19.9 Å². The highest BCUT2D eigenvalue weighted by Crippen LogP contribution is 2.13. The molecule has 1 aromatic heterocycles. The summed E-state index contributed by atoms with van der Waals surface area (Å²) >= 11 is 5.76. The monoisotopic (exact) mass is 378 g/mol. The number of aromatic nitrogens is 3. The molecule has 26 heavy (non-hydrogen) atoms. The molecule has 2 heterocycles. The van der Waals surface area contributed by atoms with Gasteiger partial charge >= 0.3 is 0 Å². The van der Waals surface area contributed by atoms with E-state index in [0.29, 0.717) is 38.6 Å². The Hall–Kier alpha value is -1.96. The number of hydrogen-bond donors (Lipinski definition) is 0. The van der Waals surface area contributed by atoms with Crippen molar-refractivity contribution in [3.8, 4) is 5.69 Å². The third kappa shape index (κ3) is 4.81.